The summed E-state index contributed by atoms with van der Waals surface area (Å²) in [5.41, 5.74) is 4.87. The molecule has 1 unspecified atom stereocenters. The van der Waals surface area contributed by atoms with Gasteiger partial charge in [0.05, 0.1) is 12.2 Å². The lowest BCUT2D eigenvalue weighted by Crippen LogP contribution is -2.39. The van der Waals surface area contributed by atoms with Crippen LogP contribution >= 0.6 is 12.4 Å². The van der Waals surface area contributed by atoms with Crippen LogP contribution in [0.25, 0.3) is 0 Å². The summed E-state index contributed by atoms with van der Waals surface area (Å²) in [6.07, 6.45) is -4.14. The zero-order chi connectivity index (χ0) is 19.5. The lowest BCUT2D eigenvalue weighted by Gasteiger charge is -2.16. The topological polar surface area (TPSA) is 108 Å². The van der Waals surface area contributed by atoms with Crippen molar-refractivity contribution in [2.45, 2.75) is 32.0 Å². The summed E-state index contributed by atoms with van der Waals surface area (Å²) in [6, 6.07) is 2.42. The van der Waals surface area contributed by atoms with Gasteiger partial charge in [0.15, 0.2) is 5.41 Å². The largest absolute Gasteiger partial charge is 0.465 e. The van der Waals surface area contributed by atoms with Crippen LogP contribution in [0.3, 0.4) is 0 Å². The van der Waals surface area contributed by atoms with Crippen molar-refractivity contribution in [1.82, 2.24) is 5.48 Å². The predicted octanol–water partition coefficient (Wildman–Crippen LogP) is 2.04. The fraction of sp³-hybridized carbons (Fsp3) is 0.438. The first-order valence-electron chi connectivity index (χ1n) is 7.73. The van der Waals surface area contributed by atoms with Gasteiger partial charge in [0.25, 0.3) is 5.91 Å². The van der Waals surface area contributed by atoms with Crippen molar-refractivity contribution >= 4 is 30.3 Å². The van der Waals surface area contributed by atoms with Gasteiger partial charge in [-0.2, -0.15) is 18.7 Å². The second kappa shape index (κ2) is 8.57. The highest BCUT2D eigenvalue weighted by Gasteiger charge is 2.60. The SMILES string of the molecule is CCOC(=O)C1(C(=O)ONC(=O)C(N)c2cccc(C(F)(F)F)c2)CC1.Cl. The van der Waals surface area contributed by atoms with E-state index in [2.05, 4.69) is 4.84 Å². The fourth-order valence-electron chi connectivity index (χ4n) is 2.20. The number of halogens is 4. The first-order valence-corrected chi connectivity index (χ1v) is 7.73. The van der Waals surface area contributed by atoms with E-state index in [-0.39, 0.29) is 37.4 Å². The van der Waals surface area contributed by atoms with Crippen LogP contribution in [0.1, 0.15) is 36.9 Å². The maximum atomic E-state index is 12.7. The summed E-state index contributed by atoms with van der Waals surface area (Å²) in [7, 11) is 0. The second-order valence-corrected chi connectivity index (χ2v) is 5.76. The number of nitrogens with one attached hydrogen (secondary N) is 1. The number of nitrogens with two attached hydrogens (primary N) is 1. The van der Waals surface area contributed by atoms with Gasteiger partial charge < -0.3 is 15.3 Å². The number of amides is 1. The van der Waals surface area contributed by atoms with Crippen LogP contribution in [0.15, 0.2) is 24.3 Å². The number of hydrogen-bond donors (Lipinski definition) is 2. The van der Waals surface area contributed by atoms with E-state index in [9.17, 15) is 27.6 Å². The summed E-state index contributed by atoms with van der Waals surface area (Å²) in [5.74, 6) is -2.78. The molecule has 0 bridgehead atoms. The molecule has 1 atom stereocenters. The van der Waals surface area contributed by atoms with Crippen LogP contribution in [-0.2, 0) is 30.1 Å². The summed E-state index contributed by atoms with van der Waals surface area (Å²) in [4.78, 5) is 40.2. The van der Waals surface area contributed by atoms with Gasteiger partial charge in [0.1, 0.15) is 6.04 Å². The lowest BCUT2D eigenvalue weighted by molar-refractivity contribution is -0.172. The van der Waals surface area contributed by atoms with Crippen LogP contribution in [0.5, 0.6) is 0 Å². The molecule has 1 aliphatic carbocycles. The Morgan fingerprint density at radius 2 is 1.89 bits per heavy atom. The molecule has 1 amide bonds. The number of esters is 1. The Bertz CT molecular complexity index is 722. The van der Waals surface area contributed by atoms with Crippen molar-refractivity contribution in [2.24, 2.45) is 11.1 Å². The van der Waals surface area contributed by atoms with Crippen molar-refractivity contribution in [3.05, 3.63) is 35.4 Å². The molecule has 0 heterocycles. The van der Waals surface area contributed by atoms with Crippen molar-refractivity contribution in [2.75, 3.05) is 6.61 Å². The molecule has 0 radical (unpaired) electrons. The van der Waals surface area contributed by atoms with Gasteiger partial charge in [-0.15, -0.1) is 12.4 Å². The fourth-order valence-corrected chi connectivity index (χ4v) is 2.20. The van der Waals surface area contributed by atoms with Crippen molar-refractivity contribution in [1.29, 1.82) is 0 Å². The van der Waals surface area contributed by atoms with E-state index in [0.717, 1.165) is 18.2 Å². The van der Waals surface area contributed by atoms with Crippen LogP contribution < -0.4 is 11.2 Å². The molecule has 0 spiro atoms. The van der Waals surface area contributed by atoms with Crippen LogP contribution in [0.2, 0.25) is 0 Å². The molecule has 1 aromatic carbocycles. The van der Waals surface area contributed by atoms with E-state index in [1.54, 1.807) is 12.4 Å². The lowest BCUT2D eigenvalue weighted by atomic mass is 10.0. The molecule has 150 valence electrons. The van der Waals surface area contributed by atoms with Crippen molar-refractivity contribution in [3.8, 4) is 0 Å². The molecule has 1 aromatic rings. The highest BCUT2D eigenvalue weighted by molar-refractivity contribution is 6.03. The molecule has 0 aliphatic heterocycles. The zero-order valence-corrected chi connectivity index (χ0v) is 15.0. The molecule has 1 aliphatic rings. The summed E-state index contributed by atoms with van der Waals surface area (Å²) in [5, 5.41) is 0. The maximum Gasteiger partial charge on any atom is 0.416 e. The Labute approximate surface area is 158 Å². The minimum absolute atomic E-state index is 0. The van der Waals surface area contributed by atoms with Gasteiger partial charge in [0, 0.05) is 0 Å². The van der Waals surface area contributed by atoms with Crippen LogP contribution in [-0.4, -0.2) is 24.5 Å². The Kier molecular flexibility index (Phi) is 7.21. The normalized spacial score (nSPS) is 15.7. The number of hydroxylamine groups is 1. The van der Waals surface area contributed by atoms with Crippen LogP contribution in [0, 0.1) is 5.41 Å². The van der Waals surface area contributed by atoms with Crippen molar-refractivity contribution in [3.63, 3.8) is 0 Å². The number of rotatable bonds is 5. The Hall–Kier alpha value is -2.33. The second-order valence-electron chi connectivity index (χ2n) is 5.76. The molecule has 7 nitrogen and oxygen atoms in total. The van der Waals surface area contributed by atoms with E-state index in [1.807, 2.05) is 0 Å². The van der Waals surface area contributed by atoms with Crippen molar-refractivity contribution < 1.29 is 37.1 Å². The molecule has 11 heteroatoms. The third-order valence-electron chi connectivity index (χ3n) is 3.91. The number of alkyl halides is 3. The van der Waals surface area contributed by atoms with Gasteiger partial charge in [0.2, 0.25) is 0 Å². The average Bonchev–Trinajstić information content (AvgIpc) is 3.40. The molecule has 0 saturated heterocycles. The molecule has 3 N–H and O–H groups in total. The third-order valence-corrected chi connectivity index (χ3v) is 3.91. The van der Waals surface area contributed by atoms with E-state index in [4.69, 9.17) is 10.5 Å². The minimum Gasteiger partial charge on any atom is -0.465 e. The summed E-state index contributed by atoms with van der Waals surface area (Å²) in [6.45, 7) is 1.66. The zero-order valence-electron chi connectivity index (χ0n) is 14.2. The molecule has 27 heavy (non-hydrogen) atoms. The van der Waals surface area contributed by atoms with Gasteiger partial charge in [-0.05, 0) is 37.5 Å². The van der Waals surface area contributed by atoms with Gasteiger partial charge >= 0.3 is 18.1 Å². The van der Waals surface area contributed by atoms with E-state index in [0.29, 0.717) is 0 Å². The number of ether oxygens (including phenoxy) is 1. The number of carbonyl (C=O) groups excluding carboxylic acids is 3. The van der Waals surface area contributed by atoms with Gasteiger partial charge in [-0.1, -0.05) is 12.1 Å². The van der Waals surface area contributed by atoms with E-state index in [1.165, 1.54) is 6.07 Å². The molecule has 0 aromatic heterocycles. The minimum atomic E-state index is -4.59. The highest BCUT2D eigenvalue weighted by Crippen LogP contribution is 2.47. The Balaban J connectivity index is 0.00000364. The Morgan fingerprint density at radius 1 is 1.26 bits per heavy atom. The number of hydrogen-bond acceptors (Lipinski definition) is 6. The quantitative estimate of drug-likeness (QED) is 0.437. The molecule has 2 rings (SSSR count). The third kappa shape index (κ3) is 5.10. The summed E-state index contributed by atoms with van der Waals surface area (Å²) < 4.78 is 42.9. The number of benzene rings is 1. The standard InChI is InChI=1S/C16H17F3N2O5.ClH/c1-2-25-13(23)15(6-7-15)14(24)26-21-12(22)11(20)9-4-3-5-10(8-9)16(17,18)19;/h3-5,8,11H,2,6-7,20H2,1H3,(H,21,22);1H. The monoisotopic (exact) mass is 410 g/mol. The number of carbonyl (C=O) groups is 3. The van der Waals surface area contributed by atoms with Gasteiger partial charge in [-0.3, -0.25) is 9.59 Å². The van der Waals surface area contributed by atoms with E-state index >= 15 is 0 Å². The van der Waals surface area contributed by atoms with E-state index < -0.39 is 41.0 Å². The molecular weight excluding hydrogens is 393 g/mol. The highest BCUT2D eigenvalue weighted by atomic mass is 35.5. The smallest absolute Gasteiger partial charge is 0.416 e. The first kappa shape index (κ1) is 22.7. The first-order chi connectivity index (χ1) is 12.1. The molecule has 1 fully saturated rings. The van der Waals surface area contributed by atoms with Crippen LogP contribution in [0.4, 0.5) is 13.2 Å². The maximum absolute atomic E-state index is 12.7. The average molecular weight is 411 g/mol. The summed E-state index contributed by atoms with van der Waals surface area (Å²) >= 11 is 0. The predicted molar refractivity (Wildman–Crippen MR) is 88.2 cm³/mol. The van der Waals surface area contributed by atoms with Gasteiger partial charge in [-0.25, -0.2) is 4.79 Å². The molecular formula is C16H18ClF3N2O5. The molecule has 1 saturated carbocycles. The Morgan fingerprint density at radius 3 is 2.41 bits per heavy atom.